The third kappa shape index (κ3) is 4.77. The van der Waals surface area contributed by atoms with Crippen LogP contribution in [0.15, 0.2) is 40.9 Å². The molecule has 1 saturated heterocycles. The number of hydrogen-bond acceptors (Lipinski definition) is 8. The van der Waals surface area contributed by atoms with Crippen LogP contribution in [0.4, 0.5) is 6.01 Å². The summed E-state index contributed by atoms with van der Waals surface area (Å²) in [4.78, 5) is 27.6. The quantitative estimate of drug-likeness (QED) is 0.431. The molecule has 0 unspecified atom stereocenters. The third-order valence-corrected chi connectivity index (χ3v) is 6.03. The molecule has 0 N–H and O–H groups in total. The highest BCUT2D eigenvalue weighted by molar-refractivity contribution is 5.95. The van der Waals surface area contributed by atoms with Crippen LogP contribution in [-0.4, -0.2) is 61.9 Å². The van der Waals surface area contributed by atoms with Gasteiger partial charge in [-0.1, -0.05) is 26.8 Å². The number of aryl methyl sites for hydroxylation is 1. The van der Waals surface area contributed by atoms with Crippen molar-refractivity contribution < 1.29 is 9.21 Å². The van der Waals surface area contributed by atoms with Gasteiger partial charge in [0.1, 0.15) is 5.69 Å². The number of nitriles is 1. The predicted molar refractivity (Wildman–Crippen MR) is 134 cm³/mol. The lowest BCUT2D eigenvalue weighted by molar-refractivity contribution is 0.0745. The highest BCUT2D eigenvalue weighted by Crippen LogP contribution is 2.25. The lowest BCUT2D eigenvalue weighted by atomic mass is 9.97. The highest BCUT2D eigenvalue weighted by Gasteiger charge is 2.26. The van der Waals surface area contributed by atoms with Gasteiger partial charge in [-0.3, -0.25) is 4.79 Å². The van der Waals surface area contributed by atoms with E-state index in [1.54, 1.807) is 34.1 Å². The summed E-state index contributed by atoms with van der Waals surface area (Å²) in [5, 5.41) is 18.6. The van der Waals surface area contributed by atoms with Gasteiger partial charge in [0.05, 0.1) is 24.4 Å². The Balaban J connectivity index is 1.28. The Bertz CT molecular complexity index is 1470. The molecule has 1 aromatic carbocycles. The van der Waals surface area contributed by atoms with Gasteiger partial charge in [-0.15, -0.1) is 0 Å². The minimum Gasteiger partial charge on any atom is -0.422 e. The standard InChI is InChI=1S/C26H28N8O2/c1-17-5-8-22-23(29-17)30-25(36-22)33-11-9-32(10-12-33)24(35)18-6-7-20(19(13-18)14-27)21-15-28-34(31-21)16-26(2,3)4/h5-8,13,15H,9-12,16H2,1-4H3. The average molecular weight is 485 g/mol. The van der Waals surface area contributed by atoms with Gasteiger partial charge in [0.2, 0.25) is 5.65 Å². The Kier molecular flexibility index (Phi) is 5.92. The lowest BCUT2D eigenvalue weighted by Crippen LogP contribution is -2.48. The fraction of sp³-hybridized carbons (Fsp3) is 0.385. The van der Waals surface area contributed by atoms with Gasteiger partial charge in [-0.05, 0) is 36.6 Å². The zero-order valence-corrected chi connectivity index (χ0v) is 20.9. The number of anilines is 1. The molecule has 4 heterocycles. The first-order chi connectivity index (χ1) is 17.2. The second-order valence-corrected chi connectivity index (χ2v) is 10.2. The second-order valence-electron chi connectivity index (χ2n) is 10.2. The van der Waals surface area contributed by atoms with Crippen LogP contribution in [0.1, 0.15) is 42.4 Å². The number of oxazole rings is 1. The van der Waals surface area contributed by atoms with Crippen molar-refractivity contribution in [3.05, 3.63) is 53.3 Å². The minimum absolute atomic E-state index is 0.0328. The first-order valence-corrected chi connectivity index (χ1v) is 11.9. The highest BCUT2D eigenvalue weighted by atomic mass is 16.4. The lowest BCUT2D eigenvalue weighted by Gasteiger charge is -2.33. The van der Waals surface area contributed by atoms with Gasteiger partial charge < -0.3 is 14.2 Å². The van der Waals surface area contributed by atoms with E-state index in [-0.39, 0.29) is 11.3 Å². The number of rotatable bonds is 4. The number of carbonyl (C=O) groups is 1. The van der Waals surface area contributed by atoms with E-state index in [4.69, 9.17) is 4.42 Å². The van der Waals surface area contributed by atoms with E-state index in [1.807, 2.05) is 24.0 Å². The number of aromatic nitrogens is 5. The van der Waals surface area contributed by atoms with Gasteiger partial charge in [0, 0.05) is 43.0 Å². The van der Waals surface area contributed by atoms with Gasteiger partial charge in [-0.25, -0.2) is 4.98 Å². The normalized spacial score (nSPS) is 14.3. The molecule has 5 rings (SSSR count). The molecule has 4 aromatic rings. The van der Waals surface area contributed by atoms with Gasteiger partial charge in [0.15, 0.2) is 5.58 Å². The second kappa shape index (κ2) is 9.07. The molecule has 0 saturated carbocycles. The van der Waals surface area contributed by atoms with E-state index >= 15 is 0 Å². The Morgan fingerprint density at radius 1 is 1.11 bits per heavy atom. The summed E-state index contributed by atoms with van der Waals surface area (Å²) in [6, 6.07) is 11.7. The Hall–Kier alpha value is -4.26. The minimum atomic E-state index is -0.107. The van der Waals surface area contributed by atoms with Crippen molar-refractivity contribution in [2.24, 2.45) is 5.41 Å². The summed E-state index contributed by atoms with van der Waals surface area (Å²) in [6.07, 6.45) is 1.66. The molecule has 0 spiro atoms. The molecule has 0 aliphatic carbocycles. The topological polar surface area (TPSA) is 117 Å². The molecular formula is C26H28N8O2. The first-order valence-electron chi connectivity index (χ1n) is 11.9. The van der Waals surface area contributed by atoms with Crippen LogP contribution in [0.25, 0.3) is 22.5 Å². The predicted octanol–water partition coefficient (Wildman–Crippen LogP) is 3.67. The zero-order valence-electron chi connectivity index (χ0n) is 20.9. The molecule has 0 radical (unpaired) electrons. The zero-order chi connectivity index (χ0) is 25.4. The van der Waals surface area contributed by atoms with E-state index in [9.17, 15) is 10.1 Å². The van der Waals surface area contributed by atoms with Crippen molar-refractivity contribution in [1.82, 2.24) is 29.9 Å². The summed E-state index contributed by atoms with van der Waals surface area (Å²) in [5.41, 5.74) is 4.32. The maximum atomic E-state index is 13.2. The van der Waals surface area contributed by atoms with Crippen LogP contribution < -0.4 is 4.90 Å². The fourth-order valence-electron chi connectivity index (χ4n) is 4.23. The molecule has 10 nitrogen and oxygen atoms in total. The van der Waals surface area contributed by atoms with Crippen molar-refractivity contribution >= 4 is 23.2 Å². The molecule has 36 heavy (non-hydrogen) atoms. The molecule has 0 atom stereocenters. The van der Waals surface area contributed by atoms with Crippen molar-refractivity contribution in [1.29, 1.82) is 5.26 Å². The number of amides is 1. The number of benzene rings is 1. The maximum absolute atomic E-state index is 13.2. The summed E-state index contributed by atoms with van der Waals surface area (Å²) >= 11 is 0. The number of fused-ring (bicyclic) bond motifs is 1. The van der Waals surface area contributed by atoms with Crippen LogP contribution in [-0.2, 0) is 6.54 Å². The number of carbonyl (C=O) groups excluding carboxylic acids is 1. The summed E-state index contributed by atoms with van der Waals surface area (Å²) in [5.74, 6) is -0.107. The first kappa shape index (κ1) is 23.5. The third-order valence-electron chi connectivity index (χ3n) is 6.03. The van der Waals surface area contributed by atoms with Crippen LogP contribution in [0.2, 0.25) is 0 Å². The van der Waals surface area contributed by atoms with E-state index in [1.165, 1.54) is 0 Å². The number of hydrogen-bond donors (Lipinski definition) is 0. The summed E-state index contributed by atoms with van der Waals surface area (Å²) in [7, 11) is 0. The molecule has 1 aliphatic heterocycles. The SMILES string of the molecule is Cc1ccc2oc(N3CCN(C(=O)c4ccc(-c5cnn(CC(C)(C)C)n5)c(C#N)c4)CC3)nc2n1. The van der Waals surface area contributed by atoms with Crippen molar-refractivity contribution in [2.75, 3.05) is 31.1 Å². The van der Waals surface area contributed by atoms with Crippen LogP contribution in [0.3, 0.4) is 0 Å². The van der Waals surface area contributed by atoms with Crippen LogP contribution in [0, 0.1) is 23.7 Å². The largest absolute Gasteiger partial charge is 0.422 e. The molecule has 1 aliphatic rings. The van der Waals surface area contributed by atoms with Crippen molar-refractivity contribution in [2.45, 2.75) is 34.2 Å². The molecular weight excluding hydrogens is 456 g/mol. The van der Waals surface area contributed by atoms with E-state index in [0.717, 1.165) is 5.69 Å². The Morgan fingerprint density at radius 2 is 1.89 bits per heavy atom. The average Bonchev–Trinajstić information content (AvgIpc) is 3.48. The summed E-state index contributed by atoms with van der Waals surface area (Å²) in [6.45, 7) is 11.2. The van der Waals surface area contributed by atoms with E-state index in [2.05, 4.69) is 47.0 Å². The number of piperazine rings is 1. The van der Waals surface area contributed by atoms with Crippen LogP contribution >= 0.6 is 0 Å². The van der Waals surface area contributed by atoms with Crippen molar-refractivity contribution in [3.63, 3.8) is 0 Å². The van der Waals surface area contributed by atoms with E-state index < -0.39 is 0 Å². The van der Waals surface area contributed by atoms with Crippen molar-refractivity contribution in [3.8, 4) is 17.3 Å². The fourth-order valence-corrected chi connectivity index (χ4v) is 4.23. The van der Waals surface area contributed by atoms with E-state index in [0.29, 0.717) is 72.4 Å². The molecule has 3 aromatic heterocycles. The Labute approximate surface area is 209 Å². The molecule has 184 valence electrons. The smallest absolute Gasteiger partial charge is 0.300 e. The maximum Gasteiger partial charge on any atom is 0.300 e. The number of pyridine rings is 1. The molecule has 1 amide bonds. The van der Waals surface area contributed by atoms with Gasteiger partial charge in [0.25, 0.3) is 11.9 Å². The Morgan fingerprint density at radius 3 is 2.61 bits per heavy atom. The van der Waals surface area contributed by atoms with Crippen LogP contribution in [0.5, 0.6) is 0 Å². The molecule has 10 heteroatoms. The molecule has 0 bridgehead atoms. The van der Waals surface area contributed by atoms with Gasteiger partial charge in [-0.2, -0.15) is 25.2 Å². The number of nitrogens with zero attached hydrogens (tertiary/aromatic N) is 8. The van der Waals surface area contributed by atoms with Gasteiger partial charge >= 0.3 is 0 Å². The molecule has 1 fully saturated rings. The monoisotopic (exact) mass is 484 g/mol. The summed E-state index contributed by atoms with van der Waals surface area (Å²) < 4.78 is 5.86.